The number of hydrogen-bond donors (Lipinski definition) is 2. The summed E-state index contributed by atoms with van der Waals surface area (Å²) in [5, 5.41) is 11.8. The molecule has 0 aromatic rings. The average Bonchev–Trinajstić information content (AvgIpc) is 2.55. The molecule has 1 heterocycles. The van der Waals surface area contributed by atoms with Crippen molar-refractivity contribution in [1.29, 1.82) is 0 Å². The van der Waals surface area contributed by atoms with Crippen LogP contribution in [0.1, 0.15) is 40.0 Å². The van der Waals surface area contributed by atoms with Crippen LogP contribution in [-0.2, 0) is 14.3 Å². The summed E-state index contributed by atoms with van der Waals surface area (Å²) in [6.45, 7) is 5.96. The first-order chi connectivity index (χ1) is 8.72. The second-order valence-electron chi connectivity index (χ2n) is 6.36. The average molecular weight is 271 g/mol. The molecule has 2 N–H and O–H groups in total. The van der Waals surface area contributed by atoms with Crippen molar-refractivity contribution in [3.63, 3.8) is 0 Å². The molecule has 2 rings (SSSR count). The lowest BCUT2D eigenvalue weighted by Crippen LogP contribution is -2.66. The highest BCUT2D eigenvalue weighted by molar-refractivity contribution is 5.73. The van der Waals surface area contributed by atoms with Crippen LogP contribution in [0.5, 0.6) is 0 Å². The standard InChI is InChI=1S/C13H21NO5/c1-12(2,3)19-11(17)14-13(7-10(15)16)6-9-8(13)4-5-18-9/h8-9H,4-7H2,1-3H3,(H,14,17)(H,15,16)/t8-,9-,13?/m0/s1. The molecule has 0 radical (unpaired) electrons. The Morgan fingerprint density at radius 2 is 2.16 bits per heavy atom. The van der Waals surface area contributed by atoms with Crippen molar-refractivity contribution >= 4 is 12.1 Å². The maximum atomic E-state index is 11.9. The number of nitrogens with one attached hydrogen (secondary N) is 1. The van der Waals surface area contributed by atoms with E-state index in [4.69, 9.17) is 14.6 Å². The number of hydrogen-bond acceptors (Lipinski definition) is 4. The molecule has 3 atom stereocenters. The van der Waals surface area contributed by atoms with E-state index in [1.807, 2.05) is 0 Å². The van der Waals surface area contributed by atoms with E-state index < -0.39 is 23.2 Å². The van der Waals surface area contributed by atoms with E-state index in [-0.39, 0.29) is 18.4 Å². The molecule has 1 aliphatic carbocycles. The molecule has 0 spiro atoms. The predicted octanol–water partition coefficient (Wildman–Crippen LogP) is 1.53. The van der Waals surface area contributed by atoms with Crippen molar-refractivity contribution in [2.75, 3.05) is 6.61 Å². The van der Waals surface area contributed by atoms with Crippen LogP contribution >= 0.6 is 0 Å². The van der Waals surface area contributed by atoms with Gasteiger partial charge in [0.15, 0.2) is 0 Å². The second kappa shape index (κ2) is 4.67. The van der Waals surface area contributed by atoms with Crippen molar-refractivity contribution < 1.29 is 24.2 Å². The largest absolute Gasteiger partial charge is 0.481 e. The van der Waals surface area contributed by atoms with Crippen LogP contribution in [-0.4, -0.2) is 41.0 Å². The highest BCUT2D eigenvalue weighted by Crippen LogP contribution is 2.48. The summed E-state index contributed by atoms with van der Waals surface area (Å²) in [5.41, 5.74) is -1.31. The van der Waals surface area contributed by atoms with Gasteiger partial charge in [0.2, 0.25) is 0 Å². The number of carboxylic acids is 1. The van der Waals surface area contributed by atoms with Gasteiger partial charge in [0.25, 0.3) is 0 Å². The zero-order valence-corrected chi connectivity index (χ0v) is 11.6. The van der Waals surface area contributed by atoms with Gasteiger partial charge in [0.1, 0.15) is 5.60 Å². The number of ether oxygens (including phenoxy) is 2. The minimum Gasteiger partial charge on any atom is -0.481 e. The number of carbonyl (C=O) groups is 2. The third-order valence-corrected chi connectivity index (χ3v) is 3.70. The summed E-state index contributed by atoms with van der Waals surface area (Å²) in [6, 6.07) is 0. The molecule has 1 amide bonds. The van der Waals surface area contributed by atoms with Crippen LogP contribution in [0.4, 0.5) is 4.79 Å². The highest BCUT2D eigenvalue weighted by Gasteiger charge is 2.58. The number of aliphatic carboxylic acids is 1. The van der Waals surface area contributed by atoms with Gasteiger partial charge in [-0.2, -0.15) is 0 Å². The fourth-order valence-electron chi connectivity index (χ4n) is 3.00. The molecule has 1 aliphatic heterocycles. The molecule has 6 nitrogen and oxygen atoms in total. The summed E-state index contributed by atoms with van der Waals surface area (Å²) in [5.74, 6) is -0.836. The molecule has 19 heavy (non-hydrogen) atoms. The van der Waals surface area contributed by atoms with Gasteiger partial charge in [-0.25, -0.2) is 4.79 Å². The van der Waals surface area contributed by atoms with Crippen molar-refractivity contribution in [2.24, 2.45) is 5.92 Å². The van der Waals surface area contributed by atoms with Crippen molar-refractivity contribution in [1.82, 2.24) is 5.32 Å². The summed E-state index contributed by atoms with van der Waals surface area (Å²) in [6.07, 6.45) is 0.765. The Labute approximate surface area is 112 Å². The molecular weight excluding hydrogens is 250 g/mol. The lowest BCUT2D eigenvalue weighted by Gasteiger charge is -2.50. The van der Waals surface area contributed by atoms with E-state index in [0.29, 0.717) is 13.0 Å². The van der Waals surface area contributed by atoms with Crippen molar-refractivity contribution in [2.45, 2.75) is 57.3 Å². The molecule has 6 heteroatoms. The van der Waals surface area contributed by atoms with E-state index in [2.05, 4.69) is 5.32 Å². The minimum absolute atomic E-state index is 0.0780. The van der Waals surface area contributed by atoms with Crippen LogP contribution in [0.3, 0.4) is 0 Å². The van der Waals surface area contributed by atoms with Crippen molar-refractivity contribution in [3.05, 3.63) is 0 Å². The first-order valence-electron chi connectivity index (χ1n) is 6.56. The molecule has 0 aromatic carbocycles. The molecule has 108 valence electrons. The summed E-state index contributed by atoms with van der Waals surface area (Å²) in [4.78, 5) is 22.9. The normalized spacial score (nSPS) is 33.2. The lowest BCUT2D eigenvalue weighted by atomic mass is 9.62. The first kappa shape index (κ1) is 14.1. The molecular formula is C13H21NO5. The van der Waals surface area contributed by atoms with Crippen LogP contribution in [0.2, 0.25) is 0 Å². The Kier molecular flexibility index (Phi) is 3.47. The topological polar surface area (TPSA) is 84.9 Å². The van der Waals surface area contributed by atoms with E-state index in [9.17, 15) is 9.59 Å². The fourth-order valence-corrected chi connectivity index (χ4v) is 3.00. The third-order valence-electron chi connectivity index (χ3n) is 3.70. The van der Waals surface area contributed by atoms with Crippen LogP contribution in [0.15, 0.2) is 0 Å². The zero-order valence-electron chi connectivity index (χ0n) is 11.6. The number of fused-ring (bicyclic) bond motifs is 1. The highest BCUT2D eigenvalue weighted by atomic mass is 16.6. The number of alkyl carbamates (subject to hydrolysis) is 1. The van der Waals surface area contributed by atoms with E-state index in [1.165, 1.54) is 0 Å². The van der Waals surface area contributed by atoms with Gasteiger partial charge in [0.05, 0.1) is 18.1 Å². The smallest absolute Gasteiger partial charge is 0.408 e. The van der Waals surface area contributed by atoms with Gasteiger partial charge >= 0.3 is 12.1 Å². The van der Waals surface area contributed by atoms with Gasteiger partial charge in [-0.15, -0.1) is 0 Å². The Morgan fingerprint density at radius 1 is 1.47 bits per heavy atom. The predicted molar refractivity (Wildman–Crippen MR) is 66.8 cm³/mol. The maximum absolute atomic E-state index is 11.9. The molecule has 1 unspecified atom stereocenters. The summed E-state index contributed by atoms with van der Waals surface area (Å²) >= 11 is 0. The molecule has 2 fully saturated rings. The zero-order chi connectivity index (χ0) is 14.3. The maximum Gasteiger partial charge on any atom is 0.408 e. The van der Waals surface area contributed by atoms with Gasteiger partial charge in [-0.3, -0.25) is 4.79 Å². The minimum atomic E-state index is -0.915. The van der Waals surface area contributed by atoms with E-state index in [1.54, 1.807) is 20.8 Å². The molecule has 0 bridgehead atoms. The van der Waals surface area contributed by atoms with E-state index in [0.717, 1.165) is 6.42 Å². The summed E-state index contributed by atoms with van der Waals surface area (Å²) in [7, 11) is 0. The second-order valence-corrected chi connectivity index (χ2v) is 6.36. The Hall–Kier alpha value is -1.30. The summed E-state index contributed by atoms with van der Waals surface area (Å²) < 4.78 is 10.7. The Morgan fingerprint density at radius 3 is 2.68 bits per heavy atom. The first-order valence-corrected chi connectivity index (χ1v) is 6.56. The van der Waals surface area contributed by atoms with Crippen LogP contribution in [0.25, 0.3) is 0 Å². The van der Waals surface area contributed by atoms with Gasteiger partial charge in [0, 0.05) is 12.5 Å². The van der Waals surface area contributed by atoms with Crippen molar-refractivity contribution in [3.8, 4) is 0 Å². The third kappa shape index (κ3) is 3.00. The molecule has 1 saturated carbocycles. The van der Waals surface area contributed by atoms with E-state index >= 15 is 0 Å². The fraction of sp³-hybridized carbons (Fsp3) is 0.846. The Bertz CT molecular complexity index is 389. The van der Waals surface area contributed by atoms with Crippen LogP contribution in [0, 0.1) is 5.92 Å². The van der Waals surface area contributed by atoms with Crippen LogP contribution < -0.4 is 5.32 Å². The molecule has 0 aromatic heterocycles. The molecule has 2 aliphatic rings. The number of carbonyl (C=O) groups excluding carboxylic acids is 1. The number of carboxylic acid groups (broad SMARTS) is 1. The van der Waals surface area contributed by atoms with Gasteiger partial charge in [-0.05, 0) is 33.6 Å². The monoisotopic (exact) mass is 271 g/mol. The Balaban J connectivity index is 2.03. The van der Waals surface area contributed by atoms with Gasteiger partial charge < -0.3 is 19.9 Å². The lowest BCUT2D eigenvalue weighted by molar-refractivity contribution is -0.143. The quantitative estimate of drug-likeness (QED) is 0.813. The molecule has 1 saturated heterocycles. The number of rotatable bonds is 3. The SMILES string of the molecule is CC(C)(C)OC(=O)NC1(CC(=O)O)C[C@@H]2OCC[C@@H]21. The number of amides is 1. The van der Waals surface area contributed by atoms with Gasteiger partial charge in [-0.1, -0.05) is 0 Å².